The third-order valence-electron chi connectivity index (χ3n) is 6.61. The molecule has 0 aromatic carbocycles. The minimum Gasteiger partial charge on any atom is -0.870 e. The van der Waals surface area contributed by atoms with Gasteiger partial charge in [-0.05, 0) is 60.2 Å². The fourth-order valence-corrected chi connectivity index (χ4v) is 6.41. The molecule has 0 heterocycles. The molecular weight excluding hydrogens is 713 g/mol. The van der Waals surface area contributed by atoms with Crippen molar-refractivity contribution in [2.24, 2.45) is 31.6 Å². The molecule has 2 fully saturated rings. The van der Waals surface area contributed by atoms with Crippen molar-refractivity contribution < 1.29 is 209 Å². The first kappa shape index (κ1) is 47.6. The molecule has 4 unspecified atom stereocenters. The van der Waals surface area contributed by atoms with Crippen LogP contribution in [-0.2, 0) is 9.59 Å². The number of aliphatic imine (C=N–C) groups is 2. The predicted octanol–water partition coefficient (Wildman–Crippen LogP) is -7.48. The van der Waals surface area contributed by atoms with Crippen molar-refractivity contribution in [2.45, 2.75) is 92.2 Å². The van der Waals surface area contributed by atoms with Gasteiger partial charge in [-0.1, -0.05) is 41.5 Å². The van der Waals surface area contributed by atoms with Crippen LogP contribution in [0.15, 0.2) is 9.98 Å². The van der Waals surface area contributed by atoms with Gasteiger partial charge in [0.1, 0.15) is 12.2 Å². The van der Waals surface area contributed by atoms with Crippen molar-refractivity contribution in [3.8, 4) is 0 Å². The summed E-state index contributed by atoms with van der Waals surface area (Å²) in [4.78, 5) is 49.1. The van der Waals surface area contributed by atoms with Crippen LogP contribution < -0.4 is 195 Å². The number of nitrogens with one attached hydrogen (secondary N) is 2. The summed E-state index contributed by atoms with van der Waals surface area (Å²) >= 11 is 0. The fourth-order valence-electron chi connectivity index (χ4n) is 6.41. The molecule has 200 valence electrons. The zero-order valence-corrected chi connectivity index (χ0v) is 39.4. The third-order valence-corrected chi connectivity index (χ3v) is 6.61. The van der Waals surface area contributed by atoms with Gasteiger partial charge in [-0.2, -0.15) is 0 Å². The Kier molecular flexibility index (Phi) is 26.8. The Morgan fingerprint density at radius 3 is 1.82 bits per heavy atom. The van der Waals surface area contributed by atoms with Crippen LogP contribution in [0.1, 0.15) is 80.1 Å². The number of carbonyl (C=O) groups is 2. The predicted molar refractivity (Wildman–Crippen MR) is 124 cm³/mol. The Morgan fingerprint density at radius 1 is 0.816 bits per heavy atom. The first-order valence-electron chi connectivity index (χ1n) is 11.6. The Morgan fingerprint density at radius 2 is 1.34 bits per heavy atom. The van der Waals surface area contributed by atoms with Gasteiger partial charge in [0.25, 0.3) is 0 Å². The number of hydrogen-bond donors (Lipinski definition) is 2. The van der Waals surface area contributed by atoms with Crippen LogP contribution in [0.3, 0.4) is 0 Å². The molecule has 0 bridgehead atoms. The summed E-state index contributed by atoms with van der Waals surface area (Å²) in [5, 5.41) is 25.8. The maximum atomic E-state index is 10.6. The van der Waals surface area contributed by atoms with Crippen LogP contribution in [0, 0.1) is 21.7 Å². The van der Waals surface area contributed by atoms with Crippen LogP contribution >= 0.6 is 0 Å². The van der Waals surface area contributed by atoms with E-state index in [0.717, 1.165) is 32.1 Å². The molecule has 0 aliphatic heterocycles. The molecule has 2 saturated carbocycles. The van der Waals surface area contributed by atoms with E-state index >= 15 is 0 Å². The Balaban J connectivity index is -0.000000277. The molecule has 0 spiro atoms. The molecule has 2 aliphatic rings. The maximum absolute atomic E-state index is 10.6. The van der Waals surface area contributed by atoms with Crippen LogP contribution in [0.5, 0.6) is 0 Å². The smallest absolute Gasteiger partial charge is 0.870 e. The molecule has 4 atom stereocenters. The SMILES string of the molecule is CC1(C)CC(N=C=O)CC(C)(CN=C=O)C1.CC1(C)CC(NC(=O)[O-])CC(C)(CNC(=O)[O-])C1.[OH-].[Rb+].[Rb+].[Rb+]. The van der Waals surface area contributed by atoms with Crippen molar-refractivity contribution in [1.29, 1.82) is 0 Å². The summed E-state index contributed by atoms with van der Waals surface area (Å²) in [6.07, 6.45) is 5.43. The maximum Gasteiger partial charge on any atom is 1.00 e. The van der Waals surface area contributed by atoms with E-state index in [1.54, 1.807) is 12.2 Å². The van der Waals surface area contributed by atoms with Crippen molar-refractivity contribution in [1.82, 2.24) is 10.6 Å². The van der Waals surface area contributed by atoms with Gasteiger partial charge in [-0.25, -0.2) is 19.6 Å². The van der Waals surface area contributed by atoms with Gasteiger partial charge in [0, 0.05) is 12.6 Å². The topological polar surface area (TPSA) is 193 Å². The van der Waals surface area contributed by atoms with Gasteiger partial charge < -0.3 is 35.9 Å². The third kappa shape index (κ3) is 19.8. The number of nitrogens with zero attached hydrogens (tertiary/aromatic N) is 2. The van der Waals surface area contributed by atoms with E-state index in [2.05, 4.69) is 41.4 Å². The Hall–Kier alpha value is 2.68. The van der Waals surface area contributed by atoms with Crippen LogP contribution in [0.4, 0.5) is 9.59 Å². The average Bonchev–Trinajstić information content (AvgIpc) is 2.62. The largest absolute Gasteiger partial charge is 1.00 e. The van der Waals surface area contributed by atoms with Crippen LogP contribution in [0.2, 0.25) is 0 Å². The molecular formula is C24H39N4O7Rb3. The second-order valence-electron chi connectivity index (χ2n) is 12.2. The van der Waals surface area contributed by atoms with Gasteiger partial charge in [-0.15, -0.1) is 0 Å². The number of isocyanates is 2. The number of carboxylic acid groups (broad SMARTS) is 2. The van der Waals surface area contributed by atoms with Gasteiger partial charge in [-0.3, -0.25) is 0 Å². The van der Waals surface area contributed by atoms with Crippen molar-refractivity contribution in [3.05, 3.63) is 0 Å². The van der Waals surface area contributed by atoms with E-state index in [1.807, 2.05) is 20.8 Å². The second-order valence-corrected chi connectivity index (χ2v) is 12.2. The van der Waals surface area contributed by atoms with Crippen molar-refractivity contribution in [3.63, 3.8) is 0 Å². The quantitative estimate of drug-likeness (QED) is 0.199. The molecule has 2 aliphatic carbocycles. The first-order valence-corrected chi connectivity index (χ1v) is 11.6. The normalized spacial score (nSPS) is 28.1. The summed E-state index contributed by atoms with van der Waals surface area (Å²) in [7, 11) is 0. The Labute approximate surface area is 373 Å². The molecule has 2 rings (SSSR count). The summed E-state index contributed by atoms with van der Waals surface area (Å²) in [5.41, 5.74) is -0.275. The van der Waals surface area contributed by atoms with Crippen molar-refractivity contribution >= 4 is 24.3 Å². The molecule has 0 saturated heterocycles. The van der Waals surface area contributed by atoms with E-state index in [4.69, 9.17) is 0 Å². The molecule has 38 heavy (non-hydrogen) atoms. The van der Waals surface area contributed by atoms with E-state index < -0.39 is 12.2 Å². The summed E-state index contributed by atoms with van der Waals surface area (Å²) in [6.45, 7) is 13.2. The van der Waals surface area contributed by atoms with Gasteiger partial charge >= 0.3 is 175 Å². The Bertz CT molecular complexity index is 849. The zero-order chi connectivity index (χ0) is 26.2. The van der Waals surface area contributed by atoms with E-state index in [0.29, 0.717) is 13.0 Å². The van der Waals surface area contributed by atoms with E-state index in [1.165, 1.54) is 0 Å². The molecule has 14 heteroatoms. The zero-order valence-electron chi connectivity index (χ0n) is 24.6. The molecule has 2 amide bonds. The fraction of sp³-hybridized carbons (Fsp3) is 0.833. The monoisotopic (exact) mass is 750 g/mol. The summed E-state index contributed by atoms with van der Waals surface area (Å²) in [5.74, 6) is 0. The minimum absolute atomic E-state index is 0. The van der Waals surface area contributed by atoms with Gasteiger partial charge in [0.2, 0.25) is 12.2 Å². The van der Waals surface area contributed by atoms with Gasteiger partial charge in [0.05, 0.1) is 12.6 Å². The number of hydrogen-bond acceptors (Lipinski definition) is 9. The van der Waals surface area contributed by atoms with Crippen molar-refractivity contribution in [2.75, 3.05) is 13.1 Å². The molecule has 11 nitrogen and oxygen atoms in total. The standard InChI is InChI=1S/C12H22N2O4.C12H18N2O2.H2O.3Rb/c1-11(2)4-8(14-10(17)18)5-12(3,6-11)7-13-9(15)16;1-11(2)4-10(14-9-16)5-12(3,6-11)7-13-8-15;;;;/h8,13-14H,4-7H2,1-3H3,(H,15,16)(H,17,18);10H,4-7H2,1-3H3;1H2;;;/q;;;3*+1/p-3. The summed E-state index contributed by atoms with van der Waals surface area (Å²) < 4.78 is 0. The molecule has 0 aromatic heterocycles. The number of rotatable bonds is 6. The van der Waals surface area contributed by atoms with Crippen LogP contribution in [0.25, 0.3) is 0 Å². The number of carbonyl (C=O) groups excluding carboxylic acids is 4. The van der Waals surface area contributed by atoms with E-state index in [9.17, 15) is 29.4 Å². The average molecular weight is 752 g/mol. The second kappa shape index (κ2) is 21.4. The molecule has 0 aromatic rings. The van der Waals surface area contributed by atoms with E-state index in [-0.39, 0.29) is 220 Å². The first-order chi connectivity index (χ1) is 15.5. The van der Waals surface area contributed by atoms with Gasteiger partial charge in [0.15, 0.2) is 0 Å². The van der Waals surface area contributed by atoms with Crippen LogP contribution in [-0.4, -0.2) is 55.0 Å². The number of amides is 2. The molecule has 3 N–H and O–H groups in total. The molecule has 0 radical (unpaired) electrons. The minimum atomic E-state index is -1.30. The summed E-state index contributed by atoms with van der Waals surface area (Å²) in [6, 6.07) is -0.194.